The Morgan fingerprint density at radius 2 is 1.96 bits per heavy atom. The van der Waals surface area contributed by atoms with Crippen LogP contribution in [0.5, 0.6) is 6.01 Å². The van der Waals surface area contributed by atoms with Crippen LogP contribution in [-0.2, 0) is 14.8 Å². The summed E-state index contributed by atoms with van der Waals surface area (Å²) >= 11 is 6.62. The fourth-order valence-corrected chi connectivity index (χ4v) is 10.1. The van der Waals surface area contributed by atoms with Gasteiger partial charge in [-0.1, -0.05) is 48.0 Å². The van der Waals surface area contributed by atoms with Gasteiger partial charge in [-0.05, 0) is 43.7 Å². The van der Waals surface area contributed by atoms with Crippen LogP contribution in [0.15, 0.2) is 54.7 Å². The maximum absolute atomic E-state index is 16.8. The van der Waals surface area contributed by atoms with E-state index in [-0.39, 0.29) is 48.1 Å². The minimum Gasteiger partial charge on any atom is -0.461 e. The first kappa shape index (κ1) is 35.1. The minimum absolute atomic E-state index is 0.0180. The van der Waals surface area contributed by atoms with E-state index in [1.807, 2.05) is 36.2 Å². The number of anilines is 1. The first-order valence-electron chi connectivity index (χ1n) is 17.7. The van der Waals surface area contributed by atoms with Crippen molar-refractivity contribution < 1.29 is 26.7 Å². The molecule has 4 aliphatic rings. The lowest BCUT2D eigenvalue weighted by atomic mass is 9.95. The fraction of sp³-hybridized carbons (Fsp3) is 0.459. The molecule has 4 aromatic rings. The minimum atomic E-state index is -3.25. The Balaban J connectivity index is 1.11. The van der Waals surface area contributed by atoms with Crippen LogP contribution < -0.4 is 9.64 Å². The lowest BCUT2D eigenvalue weighted by molar-refractivity contribution is -0.125. The average Bonchev–Trinajstić information content (AvgIpc) is 3.91. The van der Waals surface area contributed by atoms with Crippen LogP contribution in [0.3, 0.4) is 0 Å². The van der Waals surface area contributed by atoms with Gasteiger partial charge in [-0.3, -0.25) is 14.7 Å². The van der Waals surface area contributed by atoms with Gasteiger partial charge < -0.3 is 14.5 Å². The van der Waals surface area contributed by atoms with Crippen LogP contribution in [0.2, 0.25) is 5.02 Å². The Kier molecular flexibility index (Phi) is 9.29. The maximum atomic E-state index is 16.8. The van der Waals surface area contributed by atoms with Crippen LogP contribution >= 0.6 is 11.6 Å². The van der Waals surface area contributed by atoms with Gasteiger partial charge in [-0.15, -0.1) is 0 Å². The maximum Gasteiger partial charge on any atom is 0.319 e. The monoisotopic (exact) mass is 751 g/mol. The number of hydrogen-bond acceptors (Lipinski definition) is 9. The Bertz CT molecular complexity index is 2190. The number of sulfonamides is 1. The topological polar surface area (TPSA) is 112 Å². The molecule has 52 heavy (non-hydrogen) atoms. The van der Waals surface area contributed by atoms with E-state index >= 15 is 4.39 Å². The van der Waals surface area contributed by atoms with E-state index in [1.54, 1.807) is 29.3 Å². The normalized spacial score (nSPS) is 24.8. The first-order chi connectivity index (χ1) is 25.0. The molecule has 1 amide bonds. The second kappa shape index (κ2) is 13.8. The number of hydrogen-bond donors (Lipinski definition) is 0. The van der Waals surface area contributed by atoms with Gasteiger partial charge in [0, 0.05) is 80.5 Å². The summed E-state index contributed by atoms with van der Waals surface area (Å²) in [6, 6.07) is 10.8. The number of benzene rings is 2. The van der Waals surface area contributed by atoms with E-state index < -0.39 is 27.6 Å². The predicted molar refractivity (Wildman–Crippen MR) is 196 cm³/mol. The molecule has 2 aromatic heterocycles. The van der Waals surface area contributed by atoms with Crippen molar-refractivity contribution in [1.82, 2.24) is 29.1 Å². The van der Waals surface area contributed by atoms with Crippen LogP contribution in [0.4, 0.5) is 14.6 Å². The summed E-state index contributed by atoms with van der Waals surface area (Å²) in [5.41, 5.74) is 0.193. The first-order valence-corrected chi connectivity index (χ1v) is 19.7. The third-order valence-electron chi connectivity index (χ3n) is 11.1. The molecule has 4 saturated heterocycles. The highest BCUT2D eigenvalue weighted by Gasteiger charge is 2.49. The number of ether oxygens (including phenoxy) is 1. The van der Waals surface area contributed by atoms with E-state index in [0.29, 0.717) is 72.6 Å². The lowest BCUT2D eigenvalue weighted by Gasteiger charge is -2.31. The molecule has 11 nitrogen and oxygen atoms in total. The molecular weight excluding hydrogens is 712 g/mol. The zero-order chi connectivity index (χ0) is 36.2. The number of rotatable bonds is 9. The Labute approximate surface area is 306 Å². The van der Waals surface area contributed by atoms with Crippen molar-refractivity contribution in [3.05, 3.63) is 65.6 Å². The highest BCUT2D eigenvalue weighted by molar-refractivity contribution is 7.89. The van der Waals surface area contributed by atoms with Gasteiger partial charge in [0.2, 0.25) is 15.9 Å². The van der Waals surface area contributed by atoms with E-state index in [4.69, 9.17) is 21.3 Å². The van der Waals surface area contributed by atoms with Crippen LogP contribution in [0.1, 0.15) is 32.1 Å². The van der Waals surface area contributed by atoms with Crippen molar-refractivity contribution in [1.29, 1.82) is 0 Å². The van der Waals surface area contributed by atoms with Crippen LogP contribution in [0, 0.1) is 5.82 Å². The third-order valence-corrected chi connectivity index (χ3v) is 13.4. The quantitative estimate of drug-likeness (QED) is 0.213. The van der Waals surface area contributed by atoms with Crippen molar-refractivity contribution in [3.8, 4) is 17.3 Å². The molecule has 0 spiro atoms. The van der Waals surface area contributed by atoms with Gasteiger partial charge in [-0.25, -0.2) is 17.2 Å². The van der Waals surface area contributed by atoms with E-state index in [9.17, 15) is 17.6 Å². The van der Waals surface area contributed by atoms with Crippen molar-refractivity contribution in [3.63, 3.8) is 0 Å². The highest BCUT2D eigenvalue weighted by atomic mass is 35.5. The number of aromatic nitrogens is 3. The molecule has 4 fully saturated rings. The van der Waals surface area contributed by atoms with Gasteiger partial charge in [0.1, 0.15) is 29.8 Å². The lowest BCUT2D eigenvalue weighted by Crippen LogP contribution is -2.43. The fourth-order valence-electron chi connectivity index (χ4n) is 8.39. The molecular formula is C37H40ClF2N7O4S. The molecule has 8 rings (SSSR count). The summed E-state index contributed by atoms with van der Waals surface area (Å²) in [5, 5.41) is 2.37. The van der Waals surface area contributed by atoms with Crippen LogP contribution in [-0.4, -0.2) is 120 Å². The number of fused-ring (bicyclic) bond motifs is 3. The molecule has 0 N–H and O–H groups in total. The number of likely N-dealkylation sites (N-methyl/N-ethyl adjacent to an activating group) is 1. The van der Waals surface area contributed by atoms with E-state index in [2.05, 4.69) is 14.9 Å². The van der Waals surface area contributed by atoms with Crippen LogP contribution in [0.25, 0.3) is 32.9 Å². The number of carbonyl (C=O) groups is 1. The van der Waals surface area contributed by atoms with E-state index in [0.717, 1.165) is 24.8 Å². The number of nitrogens with zero attached hydrogens (tertiary/aromatic N) is 7. The molecule has 0 unspecified atom stereocenters. The van der Waals surface area contributed by atoms with Gasteiger partial charge >= 0.3 is 6.01 Å². The summed E-state index contributed by atoms with van der Waals surface area (Å²) in [6.07, 6.45) is 6.98. The SMILES string of the molecule is CN(c1nc(OC[C@@]23CCCN2C[C@H](F)C3)nc2c(F)c(-c3cccc4cccc(Cl)c34)ncc12)[C@@H]1CCN(C(=O)/C=C/CN2CCCS2(=O)=O)C1. The molecule has 6 heterocycles. The van der Waals surface area contributed by atoms with Gasteiger partial charge in [0.25, 0.3) is 0 Å². The summed E-state index contributed by atoms with van der Waals surface area (Å²) in [4.78, 5) is 32.9. The standard InChI is InChI=1S/C37H40ClF2N7O4S/c1-44(26-12-17-45(22-26)30(48)11-4-15-47-16-6-18-52(47,49)50)35-28-20-41-33(27-9-2-7-24-8-3-10-29(38)31(24)27)32(40)34(28)42-36(43-35)51-23-37-13-5-14-46(37)21-25(39)19-37/h2-4,7-11,20,25-26H,5-6,12-19,21-23H2,1H3/b11-4+/t25-,26-,37+/m1/s1. The van der Waals surface area contributed by atoms with Crippen molar-refractivity contribution in [2.45, 2.75) is 49.9 Å². The largest absolute Gasteiger partial charge is 0.461 e. The van der Waals surface area contributed by atoms with Gasteiger partial charge in [-0.2, -0.15) is 14.3 Å². The molecule has 274 valence electrons. The number of likely N-dealkylation sites (tertiary alicyclic amines) is 1. The zero-order valence-corrected chi connectivity index (χ0v) is 30.4. The Morgan fingerprint density at radius 3 is 2.77 bits per heavy atom. The summed E-state index contributed by atoms with van der Waals surface area (Å²) < 4.78 is 63.3. The van der Waals surface area contributed by atoms with Crippen molar-refractivity contribution >= 4 is 55.0 Å². The molecule has 2 aromatic carbocycles. The van der Waals surface area contributed by atoms with Crippen molar-refractivity contribution in [2.24, 2.45) is 0 Å². The number of pyridine rings is 1. The Hall–Kier alpha value is -3.98. The second-order valence-corrected chi connectivity index (χ2v) is 16.8. The molecule has 0 radical (unpaired) electrons. The predicted octanol–water partition coefficient (Wildman–Crippen LogP) is 5.22. The summed E-state index contributed by atoms with van der Waals surface area (Å²) in [5.74, 6) is -0.322. The summed E-state index contributed by atoms with van der Waals surface area (Å²) in [7, 11) is -1.41. The molecule has 0 bridgehead atoms. The number of alkyl halides is 1. The third kappa shape index (κ3) is 6.37. The number of carbonyl (C=O) groups excluding carboxylic acids is 1. The van der Waals surface area contributed by atoms with E-state index in [1.165, 1.54) is 10.4 Å². The second-order valence-electron chi connectivity index (χ2n) is 14.3. The summed E-state index contributed by atoms with van der Waals surface area (Å²) in [6.45, 7) is 2.83. The Morgan fingerprint density at radius 1 is 1.13 bits per heavy atom. The molecule has 0 saturated carbocycles. The highest BCUT2D eigenvalue weighted by Crippen LogP contribution is 2.41. The molecule has 4 aliphatic heterocycles. The molecule has 15 heteroatoms. The average molecular weight is 752 g/mol. The number of amides is 1. The molecule has 0 aliphatic carbocycles. The van der Waals surface area contributed by atoms with Gasteiger partial charge in [0.05, 0.1) is 16.7 Å². The molecule has 3 atom stereocenters. The van der Waals surface area contributed by atoms with Gasteiger partial charge in [0.15, 0.2) is 5.82 Å². The zero-order valence-electron chi connectivity index (χ0n) is 28.8. The smallest absolute Gasteiger partial charge is 0.319 e. The van der Waals surface area contributed by atoms with Crippen molar-refractivity contribution in [2.75, 3.05) is 63.6 Å². The number of halogens is 3.